The quantitative estimate of drug-likeness (QED) is 0.531. The SMILES string of the molecule is NCCNC(=O)Cn1cnnn1. The lowest BCUT2D eigenvalue weighted by atomic mass is 10.5. The molecule has 3 N–H and O–H groups in total. The van der Waals surface area contributed by atoms with E-state index in [1.165, 1.54) is 11.0 Å². The van der Waals surface area contributed by atoms with E-state index in [0.29, 0.717) is 13.1 Å². The number of aromatic nitrogens is 4. The summed E-state index contributed by atoms with van der Waals surface area (Å²) in [6.45, 7) is 1.04. The van der Waals surface area contributed by atoms with E-state index in [9.17, 15) is 4.79 Å². The first-order valence-corrected chi connectivity index (χ1v) is 3.50. The zero-order chi connectivity index (χ0) is 8.81. The van der Waals surface area contributed by atoms with Crippen molar-refractivity contribution in [2.24, 2.45) is 5.73 Å². The number of nitrogens with one attached hydrogen (secondary N) is 1. The van der Waals surface area contributed by atoms with E-state index in [2.05, 4.69) is 20.8 Å². The van der Waals surface area contributed by atoms with Gasteiger partial charge in [-0.2, -0.15) is 0 Å². The van der Waals surface area contributed by atoms with E-state index in [1.807, 2.05) is 0 Å². The first-order valence-electron chi connectivity index (χ1n) is 3.50. The molecule has 0 aliphatic rings. The Balaban J connectivity index is 2.27. The van der Waals surface area contributed by atoms with Gasteiger partial charge in [-0.05, 0) is 10.4 Å². The lowest BCUT2D eigenvalue weighted by Crippen LogP contribution is -2.32. The van der Waals surface area contributed by atoms with Crippen LogP contribution in [0.15, 0.2) is 6.33 Å². The van der Waals surface area contributed by atoms with Crippen molar-refractivity contribution in [2.75, 3.05) is 13.1 Å². The van der Waals surface area contributed by atoms with Crippen molar-refractivity contribution in [1.82, 2.24) is 25.5 Å². The molecular formula is C5H10N6O. The molecule has 0 saturated carbocycles. The Labute approximate surface area is 68.9 Å². The molecular weight excluding hydrogens is 160 g/mol. The maximum Gasteiger partial charge on any atom is 0.241 e. The Morgan fingerprint density at radius 3 is 3.08 bits per heavy atom. The molecule has 0 fully saturated rings. The van der Waals surface area contributed by atoms with Crippen LogP contribution in [0.1, 0.15) is 0 Å². The van der Waals surface area contributed by atoms with Crippen molar-refractivity contribution in [3.05, 3.63) is 6.33 Å². The van der Waals surface area contributed by atoms with Crippen molar-refractivity contribution >= 4 is 5.91 Å². The minimum Gasteiger partial charge on any atom is -0.353 e. The van der Waals surface area contributed by atoms with Gasteiger partial charge in [-0.1, -0.05) is 0 Å². The molecule has 66 valence electrons. The molecule has 1 amide bonds. The normalized spacial score (nSPS) is 9.75. The van der Waals surface area contributed by atoms with Crippen LogP contribution in [-0.2, 0) is 11.3 Å². The Hall–Kier alpha value is -1.50. The van der Waals surface area contributed by atoms with Crippen LogP contribution < -0.4 is 11.1 Å². The first kappa shape index (κ1) is 8.60. The fourth-order valence-electron chi connectivity index (χ4n) is 0.667. The van der Waals surface area contributed by atoms with Gasteiger partial charge in [0.25, 0.3) is 0 Å². The predicted octanol–water partition coefficient (Wildman–Crippen LogP) is -2.25. The molecule has 0 aromatic carbocycles. The summed E-state index contributed by atoms with van der Waals surface area (Å²) in [7, 11) is 0. The number of rotatable bonds is 4. The van der Waals surface area contributed by atoms with Gasteiger partial charge in [0.15, 0.2) is 0 Å². The van der Waals surface area contributed by atoms with Gasteiger partial charge in [-0.3, -0.25) is 4.79 Å². The van der Waals surface area contributed by atoms with Crippen molar-refractivity contribution < 1.29 is 4.79 Å². The number of nitrogens with zero attached hydrogens (tertiary/aromatic N) is 4. The van der Waals surface area contributed by atoms with E-state index in [4.69, 9.17) is 5.73 Å². The summed E-state index contributed by atoms with van der Waals surface area (Å²) in [5.41, 5.74) is 5.19. The molecule has 0 spiro atoms. The highest BCUT2D eigenvalue weighted by Crippen LogP contribution is 1.76. The van der Waals surface area contributed by atoms with Crippen LogP contribution >= 0.6 is 0 Å². The second kappa shape index (κ2) is 4.39. The molecule has 7 nitrogen and oxygen atoms in total. The topological polar surface area (TPSA) is 98.7 Å². The fraction of sp³-hybridized carbons (Fsp3) is 0.600. The van der Waals surface area contributed by atoms with Gasteiger partial charge in [0, 0.05) is 13.1 Å². The molecule has 0 bridgehead atoms. The molecule has 0 atom stereocenters. The maximum atomic E-state index is 11.0. The molecule has 0 saturated heterocycles. The lowest BCUT2D eigenvalue weighted by molar-refractivity contribution is -0.121. The van der Waals surface area contributed by atoms with E-state index >= 15 is 0 Å². The molecule has 7 heteroatoms. The standard InChI is InChI=1S/C5H10N6O/c6-1-2-7-5(12)3-11-4-8-9-10-11/h4H,1-3,6H2,(H,7,12). The molecule has 1 aromatic rings. The van der Waals surface area contributed by atoms with Crippen molar-refractivity contribution in [3.8, 4) is 0 Å². The number of tetrazole rings is 1. The van der Waals surface area contributed by atoms with E-state index in [0.717, 1.165) is 0 Å². The third-order valence-corrected chi connectivity index (χ3v) is 1.16. The first-order chi connectivity index (χ1) is 5.83. The van der Waals surface area contributed by atoms with Crippen LogP contribution in [0.2, 0.25) is 0 Å². The third kappa shape index (κ3) is 2.62. The smallest absolute Gasteiger partial charge is 0.241 e. The van der Waals surface area contributed by atoms with Crippen molar-refractivity contribution in [2.45, 2.75) is 6.54 Å². The predicted molar refractivity (Wildman–Crippen MR) is 39.9 cm³/mol. The van der Waals surface area contributed by atoms with Crippen LogP contribution in [0, 0.1) is 0 Å². The van der Waals surface area contributed by atoms with Gasteiger partial charge in [0.1, 0.15) is 12.9 Å². The Kier molecular flexibility index (Phi) is 3.15. The van der Waals surface area contributed by atoms with Crippen LogP contribution in [0.5, 0.6) is 0 Å². The molecule has 1 rings (SSSR count). The summed E-state index contributed by atoms with van der Waals surface area (Å²) >= 11 is 0. The van der Waals surface area contributed by atoms with Gasteiger partial charge in [-0.25, -0.2) is 4.68 Å². The zero-order valence-electron chi connectivity index (χ0n) is 6.47. The van der Waals surface area contributed by atoms with E-state index < -0.39 is 0 Å². The van der Waals surface area contributed by atoms with Gasteiger partial charge < -0.3 is 11.1 Å². The van der Waals surface area contributed by atoms with Gasteiger partial charge in [0.2, 0.25) is 5.91 Å². The van der Waals surface area contributed by atoms with E-state index in [1.54, 1.807) is 0 Å². The number of hydrogen-bond acceptors (Lipinski definition) is 5. The van der Waals surface area contributed by atoms with Crippen molar-refractivity contribution in [3.63, 3.8) is 0 Å². The summed E-state index contributed by atoms with van der Waals surface area (Å²) in [6.07, 6.45) is 1.38. The van der Waals surface area contributed by atoms with Crippen LogP contribution in [0.3, 0.4) is 0 Å². The van der Waals surface area contributed by atoms with Gasteiger partial charge in [-0.15, -0.1) is 5.10 Å². The highest BCUT2D eigenvalue weighted by atomic mass is 16.2. The molecule has 12 heavy (non-hydrogen) atoms. The third-order valence-electron chi connectivity index (χ3n) is 1.16. The number of carbonyl (C=O) groups excluding carboxylic acids is 1. The number of amides is 1. The van der Waals surface area contributed by atoms with Crippen LogP contribution in [0.4, 0.5) is 0 Å². The van der Waals surface area contributed by atoms with Gasteiger partial charge >= 0.3 is 0 Å². The second-order valence-corrected chi connectivity index (χ2v) is 2.15. The molecule has 0 aliphatic carbocycles. The second-order valence-electron chi connectivity index (χ2n) is 2.15. The zero-order valence-corrected chi connectivity index (χ0v) is 6.47. The fourth-order valence-corrected chi connectivity index (χ4v) is 0.667. The summed E-state index contributed by atoms with van der Waals surface area (Å²) in [6, 6.07) is 0. The molecule has 1 aromatic heterocycles. The highest BCUT2D eigenvalue weighted by molar-refractivity contribution is 5.75. The number of hydrogen-bond donors (Lipinski definition) is 2. The van der Waals surface area contributed by atoms with Crippen molar-refractivity contribution in [1.29, 1.82) is 0 Å². The average molecular weight is 170 g/mol. The molecule has 0 unspecified atom stereocenters. The molecule has 0 aliphatic heterocycles. The lowest BCUT2D eigenvalue weighted by Gasteiger charge is -2.01. The number of nitrogens with two attached hydrogens (primary N) is 1. The Bertz CT molecular complexity index is 232. The average Bonchev–Trinajstić information content (AvgIpc) is 2.53. The number of carbonyl (C=O) groups is 1. The monoisotopic (exact) mass is 170 g/mol. The van der Waals surface area contributed by atoms with Gasteiger partial charge in [0.05, 0.1) is 0 Å². The van der Waals surface area contributed by atoms with E-state index in [-0.39, 0.29) is 12.5 Å². The van der Waals surface area contributed by atoms with Crippen LogP contribution in [-0.4, -0.2) is 39.2 Å². The molecule has 1 heterocycles. The molecule has 0 radical (unpaired) electrons. The minimum atomic E-state index is -0.146. The highest BCUT2D eigenvalue weighted by Gasteiger charge is 2.01. The summed E-state index contributed by atoms with van der Waals surface area (Å²) in [5, 5.41) is 12.9. The van der Waals surface area contributed by atoms with Crippen LogP contribution in [0.25, 0.3) is 0 Å². The Morgan fingerprint density at radius 2 is 2.50 bits per heavy atom. The summed E-state index contributed by atoms with van der Waals surface area (Å²) < 4.78 is 1.34. The summed E-state index contributed by atoms with van der Waals surface area (Å²) in [4.78, 5) is 11.0. The Morgan fingerprint density at radius 1 is 1.67 bits per heavy atom. The summed E-state index contributed by atoms with van der Waals surface area (Å²) in [5.74, 6) is -0.146. The minimum absolute atomic E-state index is 0.132. The largest absolute Gasteiger partial charge is 0.353 e. The maximum absolute atomic E-state index is 11.0.